The van der Waals surface area contributed by atoms with Gasteiger partial charge in [-0.25, -0.2) is 14.8 Å². The summed E-state index contributed by atoms with van der Waals surface area (Å²) in [5, 5.41) is 7.26. The molecule has 0 saturated carbocycles. The highest BCUT2D eigenvalue weighted by Gasteiger charge is 2.37. The van der Waals surface area contributed by atoms with Gasteiger partial charge in [-0.15, -0.1) is 0 Å². The van der Waals surface area contributed by atoms with Crippen LogP contribution in [0, 0.1) is 0 Å². The molecule has 0 radical (unpaired) electrons. The second-order valence-electron chi connectivity index (χ2n) is 8.67. The first-order valence-corrected chi connectivity index (χ1v) is 9.84. The molecule has 1 aliphatic heterocycles. The Morgan fingerprint density at radius 3 is 2.54 bits per heavy atom. The van der Waals surface area contributed by atoms with Gasteiger partial charge in [-0.2, -0.15) is 0 Å². The van der Waals surface area contributed by atoms with E-state index in [1.807, 2.05) is 24.3 Å². The highest BCUT2D eigenvalue weighted by atomic mass is 16.5. The first-order chi connectivity index (χ1) is 13.2. The van der Waals surface area contributed by atoms with Gasteiger partial charge in [0.25, 0.3) is 0 Å². The van der Waals surface area contributed by atoms with E-state index in [0.717, 1.165) is 18.7 Å². The Hall–Kier alpha value is -2.47. The van der Waals surface area contributed by atoms with Crippen molar-refractivity contribution < 1.29 is 9.53 Å². The van der Waals surface area contributed by atoms with Crippen LogP contribution in [0.5, 0.6) is 0 Å². The molecule has 1 aromatic carbocycles. The molecule has 6 nitrogen and oxygen atoms in total. The molecule has 6 heteroatoms. The van der Waals surface area contributed by atoms with Gasteiger partial charge in [0, 0.05) is 28.9 Å². The zero-order valence-corrected chi connectivity index (χ0v) is 17.4. The summed E-state index contributed by atoms with van der Waals surface area (Å²) in [5.41, 5.74) is 1.25. The Kier molecular flexibility index (Phi) is 5.70. The molecule has 3 rings (SSSR count). The maximum Gasteiger partial charge on any atom is 0.338 e. The number of hydrogen-bond donors (Lipinski definition) is 2. The fourth-order valence-electron chi connectivity index (χ4n) is 4.27. The molecule has 0 spiro atoms. The third-order valence-corrected chi connectivity index (χ3v) is 4.86. The zero-order chi connectivity index (χ0) is 20.4. The highest BCUT2D eigenvalue weighted by Crippen LogP contribution is 2.30. The number of ether oxygens (including phenoxy) is 1. The van der Waals surface area contributed by atoms with Crippen LogP contribution in [0.25, 0.3) is 11.4 Å². The van der Waals surface area contributed by atoms with Crippen molar-refractivity contribution in [1.82, 2.24) is 15.3 Å². The SMILES string of the molecule is CCOC(=O)c1ccccc1-c1nccc(NC2CC(C)(C)NC(C)(C)C2)n1. The number of anilines is 1. The van der Waals surface area contributed by atoms with Crippen LogP contribution in [0.15, 0.2) is 36.5 Å². The van der Waals surface area contributed by atoms with Crippen molar-refractivity contribution >= 4 is 11.8 Å². The summed E-state index contributed by atoms with van der Waals surface area (Å²) < 4.78 is 5.17. The first kappa shape index (κ1) is 20.3. The summed E-state index contributed by atoms with van der Waals surface area (Å²) in [7, 11) is 0. The average molecular weight is 383 g/mol. The Morgan fingerprint density at radius 1 is 1.18 bits per heavy atom. The van der Waals surface area contributed by atoms with Crippen LogP contribution in [-0.4, -0.2) is 39.7 Å². The van der Waals surface area contributed by atoms with Crippen molar-refractivity contribution in [3.63, 3.8) is 0 Å². The minimum absolute atomic E-state index is 0.0474. The van der Waals surface area contributed by atoms with Gasteiger partial charge in [0.1, 0.15) is 5.82 Å². The number of carbonyl (C=O) groups excluding carboxylic acids is 1. The second-order valence-corrected chi connectivity index (χ2v) is 8.67. The number of nitrogens with one attached hydrogen (secondary N) is 2. The van der Waals surface area contributed by atoms with Crippen molar-refractivity contribution in [3.8, 4) is 11.4 Å². The van der Waals surface area contributed by atoms with Crippen molar-refractivity contribution in [2.75, 3.05) is 11.9 Å². The lowest BCUT2D eigenvalue weighted by atomic mass is 9.79. The van der Waals surface area contributed by atoms with Crippen LogP contribution in [0.4, 0.5) is 5.82 Å². The topological polar surface area (TPSA) is 76.1 Å². The minimum atomic E-state index is -0.359. The average Bonchev–Trinajstić information content (AvgIpc) is 2.59. The quantitative estimate of drug-likeness (QED) is 0.760. The molecule has 2 aromatic rings. The van der Waals surface area contributed by atoms with E-state index in [9.17, 15) is 4.79 Å². The van der Waals surface area contributed by atoms with Gasteiger partial charge in [0.15, 0.2) is 5.82 Å². The summed E-state index contributed by atoms with van der Waals surface area (Å²) >= 11 is 0. The molecule has 1 fully saturated rings. The summed E-state index contributed by atoms with van der Waals surface area (Å²) in [6, 6.07) is 9.46. The van der Waals surface area contributed by atoms with Crippen LogP contribution < -0.4 is 10.6 Å². The van der Waals surface area contributed by atoms with E-state index in [0.29, 0.717) is 29.6 Å². The van der Waals surface area contributed by atoms with E-state index in [1.54, 1.807) is 19.2 Å². The maximum atomic E-state index is 12.3. The van der Waals surface area contributed by atoms with Gasteiger partial charge in [-0.1, -0.05) is 18.2 Å². The van der Waals surface area contributed by atoms with E-state index in [-0.39, 0.29) is 17.0 Å². The molecule has 28 heavy (non-hydrogen) atoms. The molecule has 0 atom stereocenters. The fraction of sp³-hybridized carbons (Fsp3) is 0.500. The lowest BCUT2D eigenvalue weighted by Gasteiger charge is -2.46. The number of rotatable bonds is 5. The van der Waals surface area contributed by atoms with Crippen molar-refractivity contribution in [2.24, 2.45) is 0 Å². The molecular weight excluding hydrogens is 352 g/mol. The number of benzene rings is 1. The maximum absolute atomic E-state index is 12.3. The van der Waals surface area contributed by atoms with Gasteiger partial charge in [-0.3, -0.25) is 0 Å². The van der Waals surface area contributed by atoms with E-state index in [1.165, 1.54) is 0 Å². The van der Waals surface area contributed by atoms with Gasteiger partial charge >= 0.3 is 5.97 Å². The Labute approximate surface area is 167 Å². The predicted octanol–water partition coefficient (Wildman–Crippen LogP) is 4.04. The monoisotopic (exact) mass is 382 g/mol. The molecular formula is C22H30N4O2. The van der Waals surface area contributed by atoms with Gasteiger partial charge in [0.2, 0.25) is 0 Å². The van der Waals surface area contributed by atoms with E-state index in [2.05, 4.69) is 48.3 Å². The zero-order valence-electron chi connectivity index (χ0n) is 17.4. The van der Waals surface area contributed by atoms with E-state index >= 15 is 0 Å². The van der Waals surface area contributed by atoms with Crippen LogP contribution in [0.2, 0.25) is 0 Å². The van der Waals surface area contributed by atoms with Gasteiger partial charge in [0.05, 0.1) is 12.2 Å². The minimum Gasteiger partial charge on any atom is -0.462 e. The number of nitrogens with zero attached hydrogens (tertiary/aromatic N) is 2. The number of hydrogen-bond acceptors (Lipinski definition) is 6. The van der Waals surface area contributed by atoms with Crippen LogP contribution in [0.3, 0.4) is 0 Å². The molecule has 0 aliphatic carbocycles. The summed E-state index contributed by atoms with van der Waals surface area (Å²) in [6.07, 6.45) is 3.72. The van der Waals surface area contributed by atoms with Gasteiger partial charge < -0.3 is 15.4 Å². The Balaban J connectivity index is 1.85. The number of carbonyl (C=O) groups is 1. The van der Waals surface area contributed by atoms with E-state index < -0.39 is 0 Å². The fourth-order valence-corrected chi connectivity index (χ4v) is 4.27. The lowest BCUT2D eigenvalue weighted by molar-refractivity contribution is 0.0527. The van der Waals surface area contributed by atoms with Crippen molar-refractivity contribution in [3.05, 3.63) is 42.1 Å². The van der Waals surface area contributed by atoms with E-state index in [4.69, 9.17) is 4.74 Å². The number of piperidine rings is 1. The molecule has 1 aliphatic rings. The number of aromatic nitrogens is 2. The van der Waals surface area contributed by atoms with Crippen LogP contribution >= 0.6 is 0 Å². The van der Waals surface area contributed by atoms with Crippen molar-refractivity contribution in [2.45, 2.75) is 64.6 Å². The first-order valence-electron chi connectivity index (χ1n) is 9.84. The van der Waals surface area contributed by atoms with Crippen LogP contribution in [-0.2, 0) is 4.74 Å². The van der Waals surface area contributed by atoms with Crippen LogP contribution in [0.1, 0.15) is 57.8 Å². The predicted molar refractivity (Wildman–Crippen MR) is 111 cm³/mol. The Morgan fingerprint density at radius 2 is 1.86 bits per heavy atom. The number of esters is 1. The van der Waals surface area contributed by atoms with Gasteiger partial charge in [-0.05, 0) is 59.6 Å². The molecule has 2 heterocycles. The molecule has 150 valence electrons. The standard InChI is InChI=1S/C22H30N4O2/c1-6-28-20(27)17-10-8-7-9-16(17)19-23-12-11-18(25-19)24-15-13-21(2,3)26-22(4,5)14-15/h7-12,15,26H,6,13-14H2,1-5H3,(H,23,24,25). The molecule has 2 N–H and O–H groups in total. The smallest absolute Gasteiger partial charge is 0.338 e. The lowest BCUT2D eigenvalue weighted by Crippen LogP contribution is -2.60. The largest absolute Gasteiger partial charge is 0.462 e. The Bertz CT molecular complexity index is 832. The summed E-state index contributed by atoms with van der Waals surface area (Å²) in [5.74, 6) is 0.921. The summed E-state index contributed by atoms with van der Waals surface area (Å²) in [6.45, 7) is 11.0. The molecule has 0 bridgehead atoms. The van der Waals surface area contributed by atoms with Crippen molar-refractivity contribution in [1.29, 1.82) is 0 Å². The molecule has 0 amide bonds. The third-order valence-electron chi connectivity index (χ3n) is 4.86. The second kappa shape index (κ2) is 7.87. The molecule has 1 saturated heterocycles. The third kappa shape index (κ3) is 4.87. The normalized spacial score (nSPS) is 18.5. The summed E-state index contributed by atoms with van der Waals surface area (Å²) in [4.78, 5) is 21.4. The molecule has 1 aromatic heterocycles. The highest BCUT2D eigenvalue weighted by molar-refractivity contribution is 5.96. The molecule has 0 unspecified atom stereocenters.